The number of nitrogens with one attached hydrogen (secondary N) is 1. The van der Waals surface area contributed by atoms with Crippen LogP contribution in [0.4, 0.5) is 0 Å². The van der Waals surface area contributed by atoms with Crippen molar-refractivity contribution in [1.29, 1.82) is 0 Å². The van der Waals surface area contributed by atoms with Crippen LogP contribution < -0.4 is 5.32 Å². The summed E-state index contributed by atoms with van der Waals surface area (Å²) in [5.41, 5.74) is 2.44. The number of thiazole rings is 1. The summed E-state index contributed by atoms with van der Waals surface area (Å²) in [6.07, 6.45) is 9.58. The lowest BCUT2D eigenvalue weighted by atomic mass is 10.1. The molecule has 0 amide bonds. The summed E-state index contributed by atoms with van der Waals surface area (Å²) in [5.74, 6) is 0. The lowest BCUT2D eigenvalue weighted by Gasteiger charge is -2.11. The Balaban J connectivity index is 1.78. The van der Waals surface area contributed by atoms with Crippen molar-refractivity contribution in [1.82, 2.24) is 19.3 Å². The third kappa shape index (κ3) is 2.43. The minimum atomic E-state index is 0.437. The van der Waals surface area contributed by atoms with E-state index in [2.05, 4.69) is 56.2 Å². The van der Waals surface area contributed by atoms with Crippen LogP contribution in [-0.4, -0.2) is 21.0 Å². The maximum atomic E-state index is 4.61. The first-order valence-corrected chi connectivity index (χ1v) is 7.42. The Morgan fingerprint density at radius 1 is 1.37 bits per heavy atom. The highest BCUT2D eigenvalue weighted by Gasteiger charge is 2.09. The highest BCUT2D eigenvalue weighted by molar-refractivity contribution is 7.15. The molecule has 1 N–H and O–H groups in total. The van der Waals surface area contributed by atoms with Crippen molar-refractivity contribution in [2.45, 2.75) is 25.9 Å². The van der Waals surface area contributed by atoms with Gasteiger partial charge in [0.15, 0.2) is 4.96 Å². The van der Waals surface area contributed by atoms with Crippen LogP contribution in [0.1, 0.15) is 30.6 Å². The molecule has 0 saturated heterocycles. The minimum absolute atomic E-state index is 0.437. The van der Waals surface area contributed by atoms with E-state index in [4.69, 9.17) is 0 Å². The molecule has 100 valence electrons. The highest BCUT2D eigenvalue weighted by Crippen LogP contribution is 2.17. The minimum Gasteiger partial charge on any atom is -0.348 e. The molecule has 0 spiro atoms. The van der Waals surface area contributed by atoms with E-state index in [1.165, 1.54) is 5.56 Å². The molecule has 1 unspecified atom stereocenters. The first kappa shape index (κ1) is 12.4. The van der Waals surface area contributed by atoms with Gasteiger partial charge in [0.1, 0.15) is 0 Å². The number of aromatic nitrogens is 3. The summed E-state index contributed by atoms with van der Waals surface area (Å²) in [7, 11) is 2.01. The first-order chi connectivity index (χ1) is 9.30. The van der Waals surface area contributed by atoms with Gasteiger partial charge in [0.05, 0.1) is 12.2 Å². The predicted molar refractivity (Wildman–Crippen MR) is 78.7 cm³/mol. The van der Waals surface area contributed by atoms with Crippen molar-refractivity contribution in [3.63, 3.8) is 0 Å². The van der Waals surface area contributed by atoms with E-state index in [9.17, 15) is 0 Å². The fourth-order valence-electron chi connectivity index (χ4n) is 2.41. The maximum absolute atomic E-state index is 4.61. The molecule has 0 radical (unpaired) electrons. The Kier molecular flexibility index (Phi) is 3.40. The lowest BCUT2D eigenvalue weighted by Crippen LogP contribution is -2.14. The van der Waals surface area contributed by atoms with Crippen LogP contribution in [0.15, 0.2) is 36.2 Å². The van der Waals surface area contributed by atoms with Crippen LogP contribution in [0, 0.1) is 0 Å². The largest absolute Gasteiger partial charge is 0.348 e. The van der Waals surface area contributed by atoms with Gasteiger partial charge >= 0.3 is 0 Å². The zero-order valence-electron chi connectivity index (χ0n) is 11.2. The standard InChI is InChI=1S/C14H18N4S/c1-3-13(15-2)11-4-5-17(8-11)9-12-10-18-6-7-19-14(18)16-12/h4-8,10,13,15H,3,9H2,1-2H3. The van der Waals surface area contributed by atoms with Gasteiger partial charge in [-0.15, -0.1) is 11.3 Å². The maximum Gasteiger partial charge on any atom is 0.193 e. The number of rotatable bonds is 5. The van der Waals surface area contributed by atoms with E-state index in [-0.39, 0.29) is 0 Å². The van der Waals surface area contributed by atoms with Crippen molar-refractivity contribution in [3.8, 4) is 0 Å². The van der Waals surface area contributed by atoms with E-state index >= 15 is 0 Å². The monoisotopic (exact) mass is 274 g/mol. The van der Waals surface area contributed by atoms with Crippen LogP contribution in [0.25, 0.3) is 4.96 Å². The van der Waals surface area contributed by atoms with Crippen molar-refractivity contribution in [2.75, 3.05) is 7.05 Å². The summed E-state index contributed by atoms with van der Waals surface area (Å²) in [5, 5.41) is 5.39. The second-order valence-corrected chi connectivity index (χ2v) is 5.56. The topological polar surface area (TPSA) is 34.3 Å². The zero-order chi connectivity index (χ0) is 13.2. The summed E-state index contributed by atoms with van der Waals surface area (Å²) in [6, 6.07) is 2.62. The van der Waals surface area contributed by atoms with E-state index in [1.807, 2.05) is 13.2 Å². The van der Waals surface area contributed by atoms with Gasteiger partial charge in [-0.25, -0.2) is 4.98 Å². The fraction of sp³-hybridized carbons (Fsp3) is 0.357. The average molecular weight is 274 g/mol. The van der Waals surface area contributed by atoms with Crippen molar-refractivity contribution in [3.05, 3.63) is 47.5 Å². The second-order valence-electron chi connectivity index (χ2n) is 4.69. The van der Waals surface area contributed by atoms with Crippen LogP contribution in [-0.2, 0) is 6.54 Å². The van der Waals surface area contributed by atoms with Crippen LogP contribution in [0.3, 0.4) is 0 Å². The number of hydrogen-bond acceptors (Lipinski definition) is 3. The molecule has 3 aromatic heterocycles. The Labute approximate surface area is 116 Å². The van der Waals surface area contributed by atoms with Gasteiger partial charge in [-0.2, -0.15) is 0 Å². The molecule has 0 fully saturated rings. The summed E-state index contributed by atoms with van der Waals surface area (Å²) < 4.78 is 4.27. The molecular weight excluding hydrogens is 256 g/mol. The summed E-state index contributed by atoms with van der Waals surface area (Å²) in [4.78, 5) is 5.67. The molecular formula is C14H18N4S. The molecule has 0 bridgehead atoms. The Morgan fingerprint density at radius 2 is 2.26 bits per heavy atom. The molecule has 0 aliphatic carbocycles. The number of fused-ring (bicyclic) bond motifs is 1. The van der Waals surface area contributed by atoms with Gasteiger partial charge < -0.3 is 9.88 Å². The van der Waals surface area contributed by atoms with Gasteiger partial charge in [-0.1, -0.05) is 6.92 Å². The van der Waals surface area contributed by atoms with Gasteiger partial charge in [0.2, 0.25) is 0 Å². The number of hydrogen-bond donors (Lipinski definition) is 1. The third-order valence-corrected chi connectivity index (χ3v) is 4.19. The highest BCUT2D eigenvalue weighted by atomic mass is 32.1. The molecule has 0 aliphatic heterocycles. The van der Waals surface area contributed by atoms with E-state index in [1.54, 1.807) is 11.3 Å². The van der Waals surface area contributed by atoms with Gasteiger partial charge in [0.25, 0.3) is 0 Å². The Hall–Kier alpha value is -1.59. The predicted octanol–water partition coefficient (Wildman–Crippen LogP) is 2.92. The normalized spacial score (nSPS) is 13.2. The second kappa shape index (κ2) is 5.19. The average Bonchev–Trinajstić information content (AvgIpc) is 3.07. The molecule has 3 aromatic rings. The first-order valence-electron chi connectivity index (χ1n) is 6.54. The SMILES string of the molecule is CCC(NC)c1ccn(Cc2cn3ccsc3n2)c1. The van der Waals surface area contributed by atoms with Crippen LogP contribution in [0.5, 0.6) is 0 Å². The molecule has 19 heavy (non-hydrogen) atoms. The molecule has 1 atom stereocenters. The van der Waals surface area contributed by atoms with Gasteiger partial charge in [0, 0.05) is 36.2 Å². The quantitative estimate of drug-likeness (QED) is 0.776. The van der Waals surface area contributed by atoms with Gasteiger partial charge in [-0.3, -0.25) is 4.40 Å². The third-order valence-electron chi connectivity index (χ3n) is 3.42. The Bertz CT molecular complexity index is 631. The Morgan fingerprint density at radius 3 is 3.00 bits per heavy atom. The van der Waals surface area contributed by atoms with Crippen molar-refractivity contribution in [2.24, 2.45) is 0 Å². The molecule has 0 aromatic carbocycles. The van der Waals surface area contributed by atoms with E-state index in [0.29, 0.717) is 6.04 Å². The van der Waals surface area contributed by atoms with Crippen LogP contribution in [0.2, 0.25) is 0 Å². The van der Waals surface area contributed by atoms with Crippen molar-refractivity contribution < 1.29 is 0 Å². The lowest BCUT2D eigenvalue weighted by molar-refractivity contribution is 0.575. The number of imidazole rings is 1. The molecule has 0 aliphatic rings. The number of nitrogens with zero attached hydrogens (tertiary/aromatic N) is 3. The summed E-state index contributed by atoms with van der Waals surface area (Å²) in [6.45, 7) is 3.02. The summed E-state index contributed by atoms with van der Waals surface area (Å²) >= 11 is 1.67. The van der Waals surface area contributed by atoms with Gasteiger partial charge in [-0.05, 0) is 25.1 Å². The molecule has 4 nitrogen and oxygen atoms in total. The van der Waals surface area contributed by atoms with E-state index < -0.39 is 0 Å². The fourth-order valence-corrected chi connectivity index (χ4v) is 3.13. The zero-order valence-corrected chi connectivity index (χ0v) is 12.0. The molecule has 3 rings (SSSR count). The van der Waals surface area contributed by atoms with Crippen molar-refractivity contribution >= 4 is 16.3 Å². The molecule has 5 heteroatoms. The van der Waals surface area contributed by atoms with Crippen LogP contribution >= 0.6 is 11.3 Å². The van der Waals surface area contributed by atoms with E-state index in [0.717, 1.165) is 23.6 Å². The molecule has 0 saturated carbocycles. The molecule has 3 heterocycles. The smallest absolute Gasteiger partial charge is 0.193 e.